The summed E-state index contributed by atoms with van der Waals surface area (Å²) < 4.78 is 11.4. The molecule has 0 aliphatic carbocycles. The average Bonchev–Trinajstić information content (AvgIpc) is 2.60. The maximum Gasteiger partial charge on any atom is 0.257 e. The molecule has 118 valence electrons. The van der Waals surface area contributed by atoms with Crippen molar-refractivity contribution in [2.75, 3.05) is 13.2 Å². The zero-order valence-corrected chi connectivity index (χ0v) is 13.1. The van der Waals surface area contributed by atoms with Gasteiger partial charge in [-0.05, 0) is 36.5 Å². The van der Waals surface area contributed by atoms with Gasteiger partial charge in [-0.25, -0.2) is 0 Å². The van der Waals surface area contributed by atoms with Crippen molar-refractivity contribution in [3.05, 3.63) is 60.2 Å². The Kier molecular flexibility index (Phi) is 4.73. The molecule has 0 saturated carbocycles. The first-order valence-corrected chi connectivity index (χ1v) is 7.66. The maximum absolute atomic E-state index is 12.0. The van der Waals surface area contributed by atoms with E-state index in [1.165, 1.54) is 0 Å². The lowest BCUT2D eigenvalue weighted by Crippen LogP contribution is -2.45. The number of amides is 1. The quantitative estimate of drug-likeness (QED) is 0.846. The Bertz CT molecular complexity index is 706. The molecule has 1 atom stereocenters. The van der Waals surface area contributed by atoms with Crippen LogP contribution >= 0.6 is 12.2 Å². The minimum Gasteiger partial charge on any atom is -0.486 e. The molecule has 0 unspecified atom stereocenters. The molecule has 5 nitrogen and oxygen atoms in total. The summed E-state index contributed by atoms with van der Waals surface area (Å²) in [5.41, 5.74) is 0.558. The number of ether oxygens (including phenoxy) is 2. The minimum atomic E-state index is -0.241. The molecule has 23 heavy (non-hydrogen) atoms. The van der Waals surface area contributed by atoms with E-state index < -0.39 is 0 Å². The highest BCUT2D eigenvalue weighted by molar-refractivity contribution is 7.80. The Balaban J connectivity index is 1.48. The Morgan fingerprint density at radius 3 is 2.57 bits per heavy atom. The Labute approximate surface area is 139 Å². The van der Waals surface area contributed by atoms with E-state index in [4.69, 9.17) is 21.7 Å². The molecular formula is C17H16N2O3S. The van der Waals surface area contributed by atoms with Crippen LogP contribution in [0.3, 0.4) is 0 Å². The van der Waals surface area contributed by atoms with Gasteiger partial charge < -0.3 is 14.8 Å². The number of carbonyl (C=O) groups is 1. The summed E-state index contributed by atoms with van der Waals surface area (Å²) in [7, 11) is 0. The molecule has 0 radical (unpaired) electrons. The second-order valence-electron chi connectivity index (χ2n) is 5.03. The van der Waals surface area contributed by atoms with Crippen LogP contribution in [0.25, 0.3) is 0 Å². The van der Waals surface area contributed by atoms with Crippen LogP contribution in [0, 0.1) is 0 Å². The van der Waals surface area contributed by atoms with Crippen molar-refractivity contribution in [1.29, 1.82) is 0 Å². The van der Waals surface area contributed by atoms with Gasteiger partial charge in [0.25, 0.3) is 5.91 Å². The standard InChI is InChI=1S/C17H16N2O3S/c20-16(12-6-2-1-3-7-12)19-17(23)18-10-13-11-21-14-8-4-5-9-15(14)22-13/h1-9,13H,10-11H2,(H2,18,19,20,23)/t13-/m0/s1. The third-order valence-electron chi connectivity index (χ3n) is 3.32. The molecule has 1 amide bonds. The van der Waals surface area contributed by atoms with Crippen molar-refractivity contribution in [3.8, 4) is 11.5 Å². The molecule has 0 fully saturated rings. The summed E-state index contributed by atoms with van der Waals surface area (Å²) in [6.45, 7) is 0.876. The van der Waals surface area contributed by atoms with E-state index in [1.54, 1.807) is 24.3 Å². The number of fused-ring (bicyclic) bond motifs is 1. The molecule has 2 N–H and O–H groups in total. The highest BCUT2D eigenvalue weighted by atomic mass is 32.1. The van der Waals surface area contributed by atoms with Gasteiger partial charge >= 0.3 is 0 Å². The van der Waals surface area contributed by atoms with Gasteiger partial charge in [0.05, 0.1) is 6.54 Å². The van der Waals surface area contributed by atoms with Crippen LogP contribution in [0.15, 0.2) is 54.6 Å². The predicted octanol–water partition coefficient (Wildman–Crippen LogP) is 2.13. The highest BCUT2D eigenvalue weighted by Crippen LogP contribution is 2.30. The Hall–Kier alpha value is -2.60. The van der Waals surface area contributed by atoms with Crippen LogP contribution in [-0.4, -0.2) is 30.3 Å². The van der Waals surface area contributed by atoms with E-state index in [0.29, 0.717) is 24.5 Å². The molecule has 6 heteroatoms. The number of hydrogen-bond acceptors (Lipinski definition) is 4. The van der Waals surface area contributed by atoms with Crippen LogP contribution in [0.5, 0.6) is 11.5 Å². The average molecular weight is 328 g/mol. The molecule has 0 aromatic heterocycles. The summed E-state index contributed by atoms with van der Waals surface area (Å²) in [4.78, 5) is 12.0. The second kappa shape index (κ2) is 7.11. The van der Waals surface area contributed by atoms with Gasteiger partial charge in [0.15, 0.2) is 16.6 Å². The number of benzene rings is 2. The second-order valence-corrected chi connectivity index (χ2v) is 5.44. The van der Waals surface area contributed by atoms with E-state index in [-0.39, 0.29) is 17.1 Å². The SMILES string of the molecule is O=C(NC(=S)NC[C@H]1COc2ccccc2O1)c1ccccc1. The van der Waals surface area contributed by atoms with Gasteiger partial charge in [0.1, 0.15) is 12.7 Å². The summed E-state index contributed by atoms with van der Waals surface area (Å²) in [6, 6.07) is 16.4. The largest absolute Gasteiger partial charge is 0.486 e. The number of nitrogens with one attached hydrogen (secondary N) is 2. The first-order chi connectivity index (χ1) is 11.2. The molecule has 1 heterocycles. The third kappa shape index (κ3) is 3.98. The summed E-state index contributed by atoms with van der Waals surface area (Å²) in [6.07, 6.45) is -0.170. The van der Waals surface area contributed by atoms with E-state index in [2.05, 4.69) is 10.6 Å². The molecule has 0 bridgehead atoms. The lowest BCUT2D eigenvalue weighted by Gasteiger charge is -2.26. The molecule has 2 aromatic carbocycles. The van der Waals surface area contributed by atoms with E-state index in [9.17, 15) is 4.79 Å². The lowest BCUT2D eigenvalue weighted by atomic mass is 10.2. The van der Waals surface area contributed by atoms with Crippen LogP contribution in [0.4, 0.5) is 0 Å². The fourth-order valence-electron chi connectivity index (χ4n) is 2.18. The van der Waals surface area contributed by atoms with Gasteiger partial charge in [-0.3, -0.25) is 10.1 Å². The van der Waals surface area contributed by atoms with Crippen LogP contribution in [-0.2, 0) is 0 Å². The van der Waals surface area contributed by atoms with Crippen LogP contribution in [0.1, 0.15) is 10.4 Å². The molecule has 0 saturated heterocycles. The van der Waals surface area contributed by atoms with Gasteiger partial charge in [0.2, 0.25) is 0 Å². The zero-order chi connectivity index (χ0) is 16.1. The normalized spacial score (nSPS) is 15.6. The smallest absolute Gasteiger partial charge is 0.257 e. The predicted molar refractivity (Wildman–Crippen MR) is 90.9 cm³/mol. The summed E-state index contributed by atoms with van der Waals surface area (Å²) >= 11 is 5.14. The number of thiocarbonyl (C=S) groups is 1. The van der Waals surface area contributed by atoms with E-state index >= 15 is 0 Å². The number of para-hydroxylation sites is 2. The van der Waals surface area contributed by atoms with Crippen molar-refractivity contribution >= 4 is 23.2 Å². The van der Waals surface area contributed by atoms with Gasteiger partial charge in [-0.2, -0.15) is 0 Å². The molecular weight excluding hydrogens is 312 g/mol. The molecule has 3 rings (SSSR count). The van der Waals surface area contributed by atoms with Crippen molar-refractivity contribution in [2.45, 2.75) is 6.10 Å². The zero-order valence-electron chi connectivity index (χ0n) is 12.3. The highest BCUT2D eigenvalue weighted by Gasteiger charge is 2.20. The molecule has 2 aromatic rings. The van der Waals surface area contributed by atoms with Crippen LogP contribution in [0.2, 0.25) is 0 Å². The molecule has 1 aliphatic heterocycles. The van der Waals surface area contributed by atoms with Crippen molar-refractivity contribution < 1.29 is 14.3 Å². The Morgan fingerprint density at radius 1 is 1.09 bits per heavy atom. The van der Waals surface area contributed by atoms with Crippen molar-refractivity contribution in [2.24, 2.45) is 0 Å². The maximum atomic E-state index is 12.0. The molecule has 0 spiro atoms. The Morgan fingerprint density at radius 2 is 1.78 bits per heavy atom. The fraction of sp³-hybridized carbons (Fsp3) is 0.176. The minimum absolute atomic E-state index is 0.170. The lowest BCUT2D eigenvalue weighted by molar-refractivity contribution is 0.0928. The topological polar surface area (TPSA) is 59.6 Å². The third-order valence-corrected chi connectivity index (χ3v) is 3.57. The van der Waals surface area contributed by atoms with Crippen molar-refractivity contribution in [1.82, 2.24) is 10.6 Å². The first-order valence-electron chi connectivity index (χ1n) is 7.25. The molecule has 1 aliphatic rings. The number of carbonyl (C=O) groups excluding carboxylic acids is 1. The van der Waals surface area contributed by atoms with E-state index in [0.717, 1.165) is 5.75 Å². The van der Waals surface area contributed by atoms with E-state index in [1.807, 2.05) is 30.3 Å². The van der Waals surface area contributed by atoms with Crippen LogP contribution < -0.4 is 20.1 Å². The van der Waals surface area contributed by atoms with Gasteiger partial charge in [-0.1, -0.05) is 30.3 Å². The van der Waals surface area contributed by atoms with Gasteiger partial charge in [0, 0.05) is 5.56 Å². The van der Waals surface area contributed by atoms with Gasteiger partial charge in [-0.15, -0.1) is 0 Å². The number of rotatable bonds is 3. The van der Waals surface area contributed by atoms with Crippen molar-refractivity contribution in [3.63, 3.8) is 0 Å². The summed E-state index contributed by atoms with van der Waals surface area (Å²) in [5.74, 6) is 1.21. The number of hydrogen-bond donors (Lipinski definition) is 2. The summed E-state index contributed by atoms with van der Waals surface area (Å²) in [5, 5.41) is 5.88. The first kappa shape index (κ1) is 15.3. The fourth-order valence-corrected chi connectivity index (χ4v) is 2.36. The monoisotopic (exact) mass is 328 g/mol.